The summed E-state index contributed by atoms with van der Waals surface area (Å²) in [5, 5.41) is 4.56. The molecule has 0 bridgehead atoms. The van der Waals surface area contributed by atoms with Crippen LogP contribution in [0.1, 0.15) is 37.6 Å². The van der Waals surface area contributed by atoms with Gasteiger partial charge in [0.15, 0.2) is 0 Å². The molecule has 1 aromatic heterocycles. The van der Waals surface area contributed by atoms with Crippen LogP contribution in [-0.2, 0) is 22.4 Å². The highest BCUT2D eigenvalue weighted by Crippen LogP contribution is 2.31. The molecular weight excluding hydrogens is 331 g/mol. The SMILES string of the molecule is COC(=O)C1CCc2c(I)nn(C(C)C)c2C1. The summed E-state index contributed by atoms with van der Waals surface area (Å²) in [4.78, 5) is 11.6. The number of fused-ring (bicyclic) bond motifs is 1. The van der Waals surface area contributed by atoms with Gasteiger partial charge in [0.2, 0.25) is 0 Å². The lowest BCUT2D eigenvalue weighted by atomic mass is 9.88. The second kappa shape index (κ2) is 4.96. The summed E-state index contributed by atoms with van der Waals surface area (Å²) in [6, 6.07) is 0.337. The van der Waals surface area contributed by atoms with Crippen LogP contribution in [0.2, 0.25) is 0 Å². The van der Waals surface area contributed by atoms with Crippen molar-refractivity contribution in [1.29, 1.82) is 0 Å². The lowest BCUT2D eigenvalue weighted by Crippen LogP contribution is -2.25. The smallest absolute Gasteiger partial charge is 0.309 e. The van der Waals surface area contributed by atoms with Gasteiger partial charge in [0.05, 0.1) is 13.0 Å². The summed E-state index contributed by atoms with van der Waals surface area (Å²) in [6.07, 6.45) is 2.57. The molecule has 1 aromatic rings. The predicted molar refractivity (Wildman–Crippen MR) is 72.9 cm³/mol. The number of carbonyl (C=O) groups excluding carboxylic acids is 1. The third-order valence-corrected chi connectivity index (χ3v) is 4.14. The predicted octanol–water partition coefficient (Wildman–Crippen LogP) is 2.35. The Morgan fingerprint density at radius 2 is 2.29 bits per heavy atom. The number of rotatable bonds is 2. The fraction of sp³-hybridized carbons (Fsp3) is 0.667. The van der Waals surface area contributed by atoms with Gasteiger partial charge < -0.3 is 4.74 Å². The molecule has 0 aliphatic heterocycles. The van der Waals surface area contributed by atoms with Gasteiger partial charge in [-0.2, -0.15) is 5.10 Å². The van der Waals surface area contributed by atoms with Gasteiger partial charge in [-0.15, -0.1) is 0 Å². The van der Waals surface area contributed by atoms with Gasteiger partial charge in [-0.1, -0.05) is 0 Å². The summed E-state index contributed by atoms with van der Waals surface area (Å²) in [6.45, 7) is 4.23. The van der Waals surface area contributed by atoms with Gasteiger partial charge in [-0.25, -0.2) is 0 Å². The van der Waals surface area contributed by atoms with E-state index in [1.54, 1.807) is 0 Å². The minimum Gasteiger partial charge on any atom is -0.469 e. The Bertz CT molecular complexity index is 440. The van der Waals surface area contributed by atoms with E-state index in [4.69, 9.17) is 4.74 Å². The number of esters is 1. The Labute approximate surface area is 115 Å². The van der Waals surface area contributed by atoms with Gasteiger partial charge in [-0.05, 0) is 49.3 Å². The number of carbonyl (C=O) groups is 1. The summed E-state index contributed by atoms with van der Waals surface area (Å²) < 4.78 is 7.97. The van der Waals surface area contributed by atoms with Crippen molar-refractivity contribution >= 4 is 28.6 Å². The van der Waals surface area contributed by atoms with Crippen molar-refractivity contribution in [3.63, 3.8) is 0 Å². The van der Waals surface area contributed by atoms with Gasteiger partial charge >= 0.3 is 5.97 Å². The van der Waals surface area contributed by atoms with E-state index in [0.29, 0.717) is 6.04 Å². The highest BCUT2D eigenvalue weighted by molar-refractivity contribution is 14.1. The molecular formula is C12H17IN2O2. The molecule has 5 heteroatoms. The van der Waals surface area contributed by atoms with Crippen molar-refractivity contribution in [3.05, 3.63) is 15.0 Å². The second-order valence-electron chi connectivity index (χ2n) is 4.72. The molecule has 94 valence electrons. The van der Waals surface area contributed by atoms with Crippen LogP contribution >= 0.6 is 22.6 Å². The molecule has 1 aliphatic carbocycles. The van der Waals surface area contributed by atoms with Crippen LogP contribution in [0.3, 0.4) is 0 Å². The third-order valence-electron chi connectivity index (χ3n) is 3.28. The van der Waals surface area contributed by atoms with E-state index >= 15 is 0 Å². The van der Waals surface area contributed by atoms with Crippen molar-refractivity contribution in [2.24, 2.45) is 5.92 Å². The lowest BCUT2D eigenvalue weighted by Gasteiger charge is -2.22. The van der Waals surface area contributed by atoms with E-state index in [1.807, 2.05) is 4.68 Å². The van der Waals surface area contributed by atoms with E-state index in [-0.39, 0.29) is 11.9 Å². The summed E-state index contributed by atoms with van der Waals surface area (Å²) in [5.74, 6) is -0.0975. The number of hydrogen-bond acceptors (Lipinski definition) is 3. The Kier molecular flexibility index (Phi) is 3.75. The first kappa shape index (κ1) is 12.9. The normalized spacial score (nSPS) is 19.2. The van der Waals surface area contributed by atoms with Crippen LogP contribution < -0.4 is 0 Å². The topological polar surface area (TPSA) is 44.1 Å². The Morgan fingerprint density at radius 3 is 2.88 bits per heavy atom. The Balaban J connectivity index is 2.32. The molecule has 0 radical (unpaired) electrons. The van der Waals surface area contributed by atoms with E-state index in [9.17, 15) is 4.79 Å². The Morgan fingerprint density at radius 1 is 1.59 bits per heavy atom. The zero-order valence-corrected chi connectivity index (χ0v) is 12.5. The molecule has 0 fully saturated rings. The summed E-state index contributed by atoms with van der Waals surface area (Å²) in [5.41, 5.74) is 2.53. The van der Waals surface area contributed by atoms with Gasteiger partial charge in [0, 0.05) is 23.7 Å². The first-order valence-corrected chi connectivity index (χ1v) is 6.96. The zero-order chi connectivity index (χ0) is 12.6. The number of methoxy groups -OCH3 is 1. The quantitative estimate of drug-likeness (QED) is 0.609. The van der Waals surface area contributed by atoms with E-state index in [1.165, 1.54) is 18.4 Å². The van der Waals surface area contributed by atoms with E-state index in [2.05, 4.69) is 41.5 Å². The minimum absolute atomic E-state index is 0.00231. The Hall–Kier alpha value is -0.590. The van der Waals surface area contributed by atoms with E-state index in [0.717, 1.165) is 23.0 Å². The molecule has 1 heterocycles. The van der Waals surface area contributed by atoms with Gasteiger partial charge in [0.25, 0.3) is 0 Å². The number of nitrogens with zero attached hydrogens (tertiary/aromatic N) is 2. The molecule has 0 spiro atoms. The molecule has 0 N–H and O–H groups in total. The van der Waals surface area contributed by atoms with Crippen molar-refractivity contribution < 1.29 is 9.53 Å². The van der Waals surface area contributed by atoms with Crippen molar-refractivity contribution in [1.82, 2.24) is 9.78 Å². The first-order chi connectivity index (χ1) is 8.04. The highest BCUT2D eigenvalue weighted by Gasteiger charge is 2.30. The van der Waals surface area contributed by atoms with Crippen LogP contribution in [0.4, 0.5) is 0 Å². The number of aromatic nitrogens is 2. The van der Waals surface area contributed by atoms with Crippen LogP contribution in [0.15, 0.2) is 0 Å². The zero-order valence-electron chi connectivity index (χ0n) is 10.4. The summed E-state index contributed by atoms with van der Waals surface area (Å²) in [7, 11) is 1.46. The van der Waals surface area contributed by atoms with Gasteiger partial charge in [0.1, 0.15) is 3.70 Å². The largest absolute Gasteiger partial charge is 0.469 e. The van der Waals surface area contributed by atoms with Crippen LogP contribution in [-0.4, -0.2) is 22.9 Å². The second-order valence-corrected chi connectivity index (χ2v) is 5.74. The van der Waals surface area contributed by atoms with Crippen LogP contribution in [0.5, 0.6) is 0 Å². The average Bonchev–Trinajstić information content (AvgIpc) is 2.65. The molecule has 17 heavy (non-hydrogen) atoms. The van der Waals surface area contributed by atoms with Crippen molar-refractivity contribution in [2.45, 2.75) is 39.2 Å². The molecule has 0 amide bonds. The van der Waals surface area contributed by atoms with Gasteiger partial charge in [-0.3, -0.25) is 9.48 Å². The number of hydrogen-bond donors (Lipinski definition) is 0. The monoisotopic (exact) mass is 348 g/mol. The maximum absolute atomic E-state index is 11.6. The molecule has 1 aliphatic rings. The number of halogens is 1. The fourth-order valence-electron chi connectivity index (χ4n) is 2.39. The molecule has 1 atom stereocenters. The standard InChI is InChI=1S/C12H17IN2O2/c1-7(2)15-10-6-8(12(16)17-3)4-5-9(10)11(13)14-15/h7-8H,4-6H2,1-3H3. The van der Waals surface area contributed by atoms with Crippen molar-refractivity contribution in [3.8, 4) is 0 Å². The van der Waals surface area contributed by atoms with E-state index < -0.39 is 0 Å². The maximum Gasteiger partial charge on any atom is 0.309 e. The summed E-state index contributed by atoms with van der Waals surface area (Å²) >= 11 is 2.28. The maximum atomic E-state index is 11.6. The lowest BCUT2D eigenvalue weighted by molar-refractivity contribution is -0.145. The van der Waals surface area contributed by atoms with Crippen LogP contribution in [0, 0.1) is 9.62 Å². The molecule has 2 rings (SSSR count). The molecule has 0 saturated heterocycles. The number of ether oxygens (including phenoxy) is 1. The minimum atomic E-state index is -0.0952. The van der Waals surface area contributed by atoms with Crippen LogP contribution in [0.25, 0.3) is 0 Å². The van der Waals surface area contributed by atoms with Crippen molar-refractivity contribution in [2.75, 3.05) is 7.11 Å². The molecule has 1 unspecified atom stereocenters. The average molecular weight is 348 g/mol. The first-order valence-electron chi connectivity index (χ1n) is 5.88. The molecule has 0 saturated carbocycles. The molecule has 4 nitrogen and oxygen atoms in total. The fourth-order valence-corrected chi connectivity index (χ4v) is 3.20. The third kappa shape index (κ3) is 2.34. The highest BCUT2D eigenvalue weighted by atomic mass is 127. The molecule has 0 aromatic carbocycles.